The van der Waals surface area contributed by atoms with Crippen molar-refractivity contribution in [2.45, 2.75) is 18.7 Å². The molecule has 0 aromatic heterocycles. The molecule has 1 N–H and O–H groups in total. The number of hydrogen-bond donors (Lipinski definition) is 1. The first-order chi connectivity index (χ1) is 8.75. The van der Waals surface area contributed by atoms with Crippen LogP contribution in [0.2, 0.25) is 0 Å². The Morgan fingerprint density at radius 2 is 2.05 bits per heavy atom. The lowest BCUT2D eigenvalue weighted by Gasteiger charge is -2.14. The number of rotatable bonds is 5. The van der Waals surface area contributed by atoms with Gasteiger partial charge in [0.15, 0.2) is 0 Å². The molecule has 1 atom stereocenters. The summed E-state index contributed by atoms with van der Waals surface area (Å²) in [6, 6.07) is 1.71. The maximum Gasteiger partial charge on any atom is 0.419 e. The number of carboxylic acids is 1. The van der Waals surface area contributed by atoms with E-state index in [1.165, 1.54) is 0 Å². The van der Waals surface area contributed by atoms with Crippen molar-refractivity contribution in [3.63, 3.8) is 0 Å². The molecule has 0 aliphatic carbocycles. The van der Waals surface area contributed by atoms with Gasteiger partial charge in [-0.3, -0.25) is 0 Å². The third-order valence-corrected chi connectivity index (χ3v) is 2.11. The fraction of sp³-hybridized carbons (Fsp3) is 0.273. The minimum Gasteiger partial charge on any atom is -0.478 e. The summed E-state index contributed by atoms with van der Waals surface area (Å²) in [4.78, 5) is 20.9. The van der Waals surface area contributed by atoms with Crippen molar-refractivity contribution in [2.75, 3.05) is 0 Å². The smallest absolute Gasteiger partial charge is 0.419 e. The van der Waals surface area contributed by atoms with Crippen LogP contribution in [0.5, 0.6) is 5.75 Å². The molecule has 4 nitrogen and oxygen atoms in total. The molecule has 1 aromatic carbocycles. The highest BCUT2D eigenvalue weighted by atomic mass is 19.4. The first kappa shape index (κ1) is 14.9. The van der Waals surface area contributed by atoms with E-state index >= 15 is 0 Å². The Balaban J connectivity index is 3.02. The molecular weight excluding hydrogens is 272 g/mol. The van der Waals surface area contributed by atoms with Crippen molar-refractivity contribution in [2.24, 2.45) is 0 Å². The van der Waals surface area contributed by atoms with Gasteiger partial charge in [-0.1, -0.05) is 0 Å². The van der Waals surface area contributed by atoms with E-state index in [1.807, 2.05) is 0 Å². The zero-order valence-corrected chi connectivity index (χ0v) is 9.28. The summed E-state index contributed by atoms with van der Waals surface area (Å²) < 4.78 is 54.9. The van der Waals surface area contributed by atoms with Crippen LogP contribution >= 0.6 is 0 Å². The van der Waals surface area contributed by atoms with E-state index in [0.717, 1.165) is 6.07 Å². The molecule has 0 unspecified atom stereocenters. The fourth-order valence-corrected chi connectivity index (χ4v) is 1.25. The number of ether oxygens (including phenoxy) is 1. The second-order valence-electron chi connectivity index (χ2n) is 3.49. The van der Waals surface area contributed by atoms with E-state index in [9.17, 15) is 27.2 Å². The van der Waals surface area contributed by atoms with Crippen LogP contribution in [0.25, 0.3) is 0 Å². The molecule has 0 radical (unpaired) electrons. The third-order valence-electron chi connectivity index (χ3n) is 2.11. The first-order valence-electron chi connectivity index (χ1n) is 4.95. The van der Waals surface area contributed by atoms with Crippen LogP contribution in [0.15, 0.2) is 18.2 Å². The van der Waals surface area contributed by atoms with Crippen molar-refractivity contribution in [3.8, 4) is 5.75 Å². The van der Waals surface area contributed by atoms with Crippen molar-refractivity contribution < 1.29 is 37.0 Å². The SMILES string of the molecule is O=CC[C@H](Oc1ccc(F)c(C(F)(F)F)c1)C(=O)O. The molecule has 1 rings (SSSR count). The molecule has 0 heterocycles. The second-order valence-corrected chi connectivity index (χ2v) is 3.49. The number of benzene rings is 1. The number of carboxylic acid groups (broad SMARTS) is 1. The summed E-state index contributed by atoms with van der Waals surface area (Å²) in [6.45, 7) is 0. The van der Waals surface area contributed by atoms with Crippen LogP contribution in [0, 0.1) is 5.82 Å². The van der Waals surface area contributed by atoms with Crippen LogP contribution in [-0.2, 0) is 15.8 Å². The molecule has 104 valence electrons. The lowest BCUT2D eigenvalue weighted by molar-refractivity contribution is -0.146. The number of alkyl halides is 3. The van der Waals surface area contributed by atoms with Gasteiger partial charge < -0.3 is 14.6 Å². The van der Waals surface area contributed by atoms with Crippen LogP contribution in [0.3, 0.4) is 0 Å². The predicted octanol–water partition coefficient (Wildman–Crippen LogP) is 2.27. The Morgan fingerprint density at radius 3 is 2.53 bits per heavy atom. The fourth-order valence-electron chi connectivity index (χ4n) is 1.25. The van der Waals surface area contributed by atoms with Crippen LogP contribution in [0.1, 0.15) is 12.0 Å². The van der Waals surface area contributed by atoms with Crippen molar-refractivity contribution in [3.05, 3.63) is 29.6 Å². The number of hydrogen-bond acceptors (Lipinski definition) is 3. The minimum absolute atomic E-state index is 0.257. The van der Waals surface area contributed by atoms with Gasteiger partial charge in [0.25, 0.3) is 0 Å². The number of halogens is 4. The zero-order chi connectivity index (χ0) is 14.6. The average Bonchev–Trinajstić information content (AvgIpc) is 2.29. The van der Waals surface area contributed by atoms with Crippen molar-refractivity contribution >= 4 is 12.3 Å². The van der Waals surface area contributed by atoms with Gasteiger partial charge in [-0.15, -0.1) is 0 Å². The standard InChI is InChI=1S/C11H8F4O4/c12-8-2-1-6(5-7(8)11(13,14)15)19-9(3-4-16)10(17)18/h1-2,4-5,9H,3H2,(H,17,18)/t9-/m0/s1. The van der Waals surface area contributed by atoms with E-state index in [0.29, 0.717) is 12.1 Å². The van der Waals surface area contributed by atoms with E-state index in [-0.39, 0.29) is 6.29 Å². The number of aliphatic carboxylic acids is 1. The van der Waals surface area contributed by atoms with Gasteiger partial charge in [-0.2, -0.15) is 13.2 Å². The Kier molecular flexibility index (Phi) is 4.47. The minimum atomic E-state index is -4.92. The summed E-state index contributed by atoms with van der Waals surface area (Å²) in [6.07, 6.45) is -6.82. The van der Waals surface area contributed by atoms with Gasteiger partial charge in [-0.05, 0) is 18.2 Å². The molecule has 0 spiro atoms. The van der Waals surface area contributed by atoms with Gasteiger partial charge in [0.2, 0.25) is 6.10 Å². The van der Waals surface area contributed by atoms with Crippen molar-refractivity contribution in [1.29, 1.82) is 0 Å². The summed E-state index contributed by atoms with van der Waals surface area (Å²) >= 11 is 0. The first-order valence-corrected chi connectivity index (χ1v) is 4.95. The molecule has 0 aliphatic rings. The summed E-state index contributed by atoms with van der Waals surface area (Å²) in [5.74, 6) is -3.49. The van der Waals surface area contributed by atoms with Crippen LogP contribution < -0.4 is 4.74 Å². The maximum absolute atomic E-state index is 13.0. The monoisotopic (exact) mass is 280 g/mol. The van der Waals surface area contributed by atoms with Gasteiger partial charge in [0.05, 0.1) is 12.0 Å². The van der Waals surface area contributed by atoms with Crippen LogP contribution in [0.4, 0.5) is 17.6 Å². The molecule has 0 bridgehead atoms. The van der Waals surface area contributed by atoms with Gasteiger partial charge >= 0.3 is 12.1 Å². The quantitative estimate of drug-likeness (QED) is 0.663. The molecular formula is C11H8F4O4. The molecule has 0 saturated heterocycles. The molecule has 0 saturated carbocycles. The molecule has 0 aliphatic heterocycles. The van der Waals surface area contributed by atoms with E-state index in [4.69, 9.17) is 9.84 Å². The molecule has 1 aromatic rings. The number of aldehydes is 1. The largest absolute Gasteiger partial charge is 0.478 e. The molecule has 0 fully saturated rings. The van der Waals surface area contributed by atoms with Gasteiger partial charge in [-0.25, -0.2) is 9.18 Å². The molecule has 19 heavy (non-hydrogen) atoms. The topological polar surface area (TPSA) is 63.6 Å². The number of carbonyl (C=O) groups is 2. The molecule has 0 amide bonds. The van der Waals surface area contributed by atoms with E-state index in [1.54, 1.807) is 0 Å². The normalized spacial score (nSPS) is 12.8. The number of carbonyl (C=O) groups excluding carboxylic acids is 1. The third kappa shape index (κ3) is 3.94. The highest BCUT2D eigenvalue weighted by molar-refractivity contribution is 5.76. The lowest BCUT2D eigenvalue weighted by atomic mass is 10.2. The Labute approximate surface area is 104 Å². The van der Waals surface area contributed by atoms with Crippen LogP contribution in [-0.4, -0.2) is 23.5 Å². The Morgan fingerprint density at radius 1 is 1.42 bits per heavy atom. The zero-order valence-electron chi connectivity index (χ0n) is 9.28. The predicted molar refractivity (Wildman–Crippen MR) is 54.1 cm³/mol. The average molecular weight is 280 g/mol. The maximum atomic E-state index is 13.0. The van der Waals surface area contributed by atoms with Gasteiger partial charge in [0, 0.05) is 0 Å². The summed E-state index contributed by atoms with van der Waals surface area (Å²) in [5.41, 5.74) is -1.57. The lowest BCUT2D eigenvalue weighted by Crippen LogP contribution is -2.27. The van der Waals surface area contributed by atoms with Gasteiger partial charge in [0.1, 0.15) is 17.9 Å². The Hall–Kier alpha value is -2.12. The van der Waals surface area contributed by atoms with E-state index < -0.39 is 41.8 Å². The molecule has 8 heteroatoms. The highest BCUT2D eigenvalue weighted by Gasteiger charge is 2.34. The second kappa shape index (κ2) is 5.68. The van der Waals surface area contributed by atoms with E-state index in [2.05, 4.69) is 0 Å². The summed E-state index contributed by atoms with van der Waals surface area (Å²) in [7, 11) is 0. The highest BCUT2D eigenvalue weighted by Crippen LogP contribution is 2.33. The summed E-state index contributed by atoms with van der Waals surface area (Å²) in [5, 5.41) is 8.67. The van der Waals surface area contributed by atoms with Crippen molar-refractivity contribution in [1.82, 2.24) is 0 Å². The Bertz CT molecular complexity index is 484.